The van der Waals surface area contributed by atoms with Crippen molar-refractivity contribution < 1.29 is 17.9 Å². The molecule has 2 aromatic rings. The smallest absolute Gasteiger partial charge is 0.242 e. The van der Waals surface area contributed by atoms with Crippen LogP contribution in [0, 0.1) is 0 Å². The van der Waals surface area contributed by atoms with E-state index in [-0.39, 0.29) is 4.90 Å². The Balaban J connectivity index is 2.07. The molecule has 0 aromatic heterocycles. The minimum Gasteiger partial charge on any atom is -0.495 e. The van der Waals surface area contributed by atoms with Gasteiger partial charge in [0, 0.05) is 10.7 Å². The topological polar surface area (TPSA) is 84.5 Å². The van der Waals surface area contributed by atoms with E-state index in [0.29, 0.717) is 21.5 Å². The second-order valence-corrected chi connectivity index (χ2v) is 7.69. The lowest BCUT2D eigenvalue weighted by atomic mass is 10.2. The van der Waals surface area contributed by atoms with Gasteiger partial charge in [-0.2, -0.15) is 4.72 Å². The van der Waals surface area contributed by atoms with Gasteiger partial charge in [-0.15, -0.1) is 0 Å². The normalized spacial score (nSPS) is 12.5. The van der Waals surface area contributed by atoms with E-state index in [0.717, 1.165) is 0 Å². The summed E-state index contributed by atoms with van der Waals surface area (Å²) in [5.74, 6) is -0.0603. The van der Waals surface area contributed by atoms with Crippen LogP contribution < -0.4 is 14.8 Å². The molecule has 2 rings (SSSR count). The van der Waals surface area contributed by atoms with Crippen molar-refractivity contribution in [3.8, 4) is 5.75 Å². The van der Waals surface area contributed by atoms with Crippen LogP contribution in [-0.4, -0.2) is 27.5 Å². The predicted molar refractivity (Wildman–Crippen MR) is 97.9 cm³/mol. The number of sulfonamides is 1. The van der Waals surface area contributed by atoms with E-state index in [9.17, 15) is 13.2 Å². The van der Waals surface area contributed by atoms with Crippen LogP contribution in [0.5, 0.6) is 5.75 Å². The van der Waals surface area contributed by atoms with Gasteiger partial charge >= 0.3 is 0 Å². The van der Waals surface area contributed by atoms with E-state index in [2.05, 4.69) is 10.0 Å². The summed E-state index contributed by atoms with van der Waals surface area (Å²) in [6.07, 6.45) is 0. The summed E-state index contributed by atoms with van der Waals surface area (Å²) in [6, 6.07) is 9.35. The third-order valence-electron chi connectivity index (χ3n) is 3.27. The zero-order chi connectivity index (χ0) is 18.6. The average Bonchev–Trinajstić information content (AvgIpc) is 2.55. The summed E-state index contributed by atoms with van der Waals surface area (Å²) in [6.45, 7) is 1.44. The Morgan fingerprint density at radius 1 is 1.12 bits per heavy atom. The maximum atomic E-state index is 12.3. The maximum Gasteiger partial charge on any atom is 0.242 e. The van der Waals surface area contributed by atoms with E-state index >= 15 is 0 Å². The molecule has 0 aliphatic carbocycles. The van der Waals surface area contributed by atoms with Crippen molar-refractivity contribution >= 4 is 44.8 Å². The predicted octanol–water partition coefficient (Wildman–Crippen LogP) is 3.31. The first kappa shape index (κ1) is 19.5. The van der Waals surface area contributed by atoms with Crippen molar-refractivity contribution in [2.24, 2.45) is 0 Å². The largest absolute Gasteiger partial charge is 0.495 e. The lowest BCUT2D eigenvalue weighted by Gasteiger charge is -2.15. The Hall–Kier alpha value is -1.80. The van der Waals surface area contributed by atoms with Crippen LogP contribution in [0.2, 0.25) is 10.0 Å². The number of benzene rings is 2. The molecule has 1 amide bonds. The molecular weight excluding hydrogens is 387 g/mol. The number of amides is 1. The van der Waals surface area contributed by atoms with E-state index in [1.807, 2.05) is 0 Å². The van der Waals surface area contributed by atoms with Gasteiger partial charge in [0.1, 0.15) is 5.75 Å². The molecule has 25 heavy (non-hydrogen) atoms. The summed E-state index contributed by atoms with van der Waals surface area (Å²) in [5.41, 5.74) is 0.424. The number of nitrogens with one attached hydrogen (secondary N) is 2. The highest BCUT2D eigenvalue weighted by atomic mass is 35.5. The molecule has 0 spiro atoms. The van der Waals surface area contributed by atoms with Crippen LogP contribution in [0.1, 0.15) is 6.92 Å². The van der Waals surface area contributed by atoms with Gasteiger partial charge in [-0.1, -0.05) is 23.2 Å². The molecule has 6 nitrogen and oxygen atoms in total. The van der Waals surface area contributed by atoms with Crippen LogP contribution >= 0.6 is 23.2 Å². The van der Waals surface area contributed by atoms with E-state index < -0.39 is 22.0 Å². The van der Waals surface area contributed by atoms with Gasteiger partial charge < -0.3 is 10.1 Å². The Labute approximate surface area is 156 Å². The fourth-order valence-corrected chi connectivity index (χ4v) is 3.55. The van der Waals surface area contributed by atoms with Gasteiger partial charge in [-0.05, 0) is 49.4 Å². The van der Waals surface area contributed by atoms with Crippen LogP contribution in [0.15, 0.2) is 47.4 Å². The standard InChI is InChI=1S/C16H16Cl2N2O4S/c1-10(20-25(22,23)13-6-3-11(17)4-7-13)16(21)19-12-5-8-15(24-2)14(18)9-12/h3-10,20H,1-2H3,(H,19,21)/t10-/m1/s1. The molecule has 2 N–H and O–H groups in total. The molecule has 0 saturated carbocycles. The van der Waals surface area contributed by atoms with Crippen molar-refractivity contribution in [3.05, 3.63) is 52.5 Å². The lowest BCUT2D eigenvalue weighted by Crippen LogP contribution is -2.41. The average molecular weight is 403 g/mol. The number of halogens is 2. The van der Waals surface area contributed by atoms with Gasteiger partial charge in [0.15, 0.2) is 0 Å². The quantitative estimate of drug-likeness (QED) is 0.775. The number of methoxy groups -OCH3 is 1. The molecule has 0 aliphatic rings. The van der Waals surface area contributed by atoms with Gasteiger partial charge in [0.25, 0.3) is 0 Å². The number of hydrogen-bond acceptors (Lipinski definition) is 4. The van der Waals surface area contributed by atoms with Crippen LogP contribution in [0.3, 0.4) is 0 Å². The van der Waals surface area contributed by atoms with Crippen LogP contribution in [0.4, 0.5) is 5.69 Å². The summed E-state index contributed by atoms with van der Waals surface area (Å²) in [5, 5.41) is 3.34. The Bertz CT molecular complexity index is 870. The third kappa shape index (κ3) is 5.09. The number of carbonyl (C=O) groups excluding carboxylic acids is 1. The molecule has 9 heteroatoms. The minimum atomic E-state index is -3.85. The zero-order valence-corrected chi connectivity index (χ0v) is 15.7. The van der Waals surface area contributed by atoms with E-state index in [4.69, 9.17) is 27.9 Å². The Morgan fingerprint density at radius 2 is 1.76 bits per heavy atom. The van der Waals surface area contributed by atoms with Gasteiger partial charge in [0.05, 0.1) is 23.1 Å². The number of rotatable bonds is 6. The molecule has 1 atom stereocenters. The summed E-state index contributed by atoms with van der Waals surface area (Å²) in [7, 11) is -2.37. The maximum absolute atomic E-state index is 12.3. The van der Waals surface area contributed by atoms with Crippen molar-refractivity contribution in [2.45, 2.75) is 17.9 Å². The molecule has 0 bridgehead atoms. The highest BCUT2D eigenvalue weighted by Gasteiger charge is 2.22. The van der Waals surface area contributed by atoms with E-state index in [1.165, 1.54) is 44.4 Å². The second-order valence-electron chi connectivity index (χ2n) is 5.14. The van der Waals surface area contributed by atoms with Crippen molar-refractivity contribution in [1.82, 2.24) is 4.72 Å². The molecule has 0 fully saturated rings. The Kier molecular flexibility index (Phi) is 6.29. The highest BCUT2D eigenvalue weighted by Crippen LogP contribution is 2.27. The molecule has 0 saturated heterocycles. The summed E-state index contributed by atoms with van der Waals surface area (Å²) >= 11 is 11.7. The monoisotopic (exact) mass is 402 g/mol. The van der Waals surface area contributed by atoms with Gasteiger partial charge in [0.2, 0.25) is 15.9 Å². The molecular formula is C16H16Cl2N2O4S. The van der Waals surface area contributed by atoms with Crippen molar-refractivity contribution in [3.63, 3.8) is 0 Å². The summed E-state index contributed by atoms with van der Waals surface area (Å²) < 4.78 is 31.9. The van der Waals surface area contributed by atoms with Crippen LogP contribution in [-0.2, 0) is 14.8 Å². The molecule has 0 heterocycles. The molecule has 0 aliphatic heterocycles. The fourth-order valence-electron chi connectivity index (χ4n) is 1.96. The van der Waals surface area contributed by atoms with Gasteiger partial charge in [-0.3, -0.25) is 4.79 Å². The Morgan fingerprint density at radius 3 is 2.32 bits per heavy atom. The lowest BCUT2D eigenvalue weighted by molar-refractivity contribution is -0.117. The van der Waals surface area contributed by atoms with Gasteiger partial charge in [-0.25, -0.2) is 8.42 Å². The highest BCUT2D eigenvalue weighted by molar-refractivity contribution is 7.89. The number of hydrogen-bond donors (Lipinski definition) is 2. The number of carbonyl (C=O) groups is 1. The molecule has 134 valence electrons. The molecule has 2 aromatic carbocycles. The first-order valence-electron chi connectivity index (χ1n) is 7.15. The first-order chi connectivity index (χ1) is 11.7. The fraction of sp³-hybridized carbons (Fsp3) is 0.188. The molecule has 0 unspecified atom stereocenters. The first-order valence-corrected chi connectivity index (χ1v) is 9.39. The summed E-state index contributed by atoms with van der Waals surface area (Å²) in [4.78, 5) is 12.2. The zero-order valence-electron chi connectivity index (χ0n) is 13.4. The van der Waals surface area contributed by atoms with Crippen molar-refractivity contribution in [2.75, 3.05) is 12.4 Å². The van der Waals surface area contributed by atoms with E-state index in [1.54, 1.807) is 12.1 Å². The van der Waals surface area contributed by atoms with Crippen LogP contribution in [0.25, 0.3) is 0 Å². The SMILES string of the molecule is COc1ccc(NC(=O)[C@@H](C)NS(=O)(=O)c2ccc(Cl)cc2)cc1Cl. The minimum absolute atomic E-state index is 0.0176. The number of anilines is 1. The third-order valence-corrected chi connectivity index (χ3v) is 5.37. The second kappa shape index (κ2) is 8.05. The molecule has 0 radical (unpaired) electrons. The number of ether oxygens (including phenoxy) is 1. The van der Waals surface area contributed by atoms with Crippen molar-refractivity contribution in [1.29, 1.82) is 0 Å².